The van der Waals surface area contributed by atoms with Gasteiger partial charge in [0, 0.05) is 28.5 Å². The van der Waals surface area contributed by atoms with E-state index in [2.05, 4.69) is 10.3 Å². The Balaban J connectivity index is 1.72. The van der Waals surface area contributed by atoms with E-state index in [9.17, 15) is 4.79 Å². The third-order valence-electron chi connectivity index (χ3n) is 3.65. The van der Waals surface area contributed by atoms with Crippen molar-refractivity contribution in [1.82, 2.24) is 4.98 Å². The molecule has 3 rings (SSSR count). The average Bonchev–Trinajstić information content (AvgIpc) is 2.99. The topological polar surface area (TPSA) is 42.0 Å². The number of hydrogen-bond donors (Lipinski definition) is 1. The highest BCUT2D eigenvalue weighted by atomic mass is 35.5. The lowest BCUT2D eigenvalue weighted by Gasteiger charge is -2.00. The Labute approximate surface area is 156 Å². The lowest BCUT2D eigenvalue weighted by atomic mass is 10.2. The Hall–Kier alpha value is -2.43. The fourth-order valence-corrected chi connectivity index (χ4v) is 3.40. The monoisotopic (exact) mass is 368 g/mol. The van der Waals surface area contributed by atoms with Gasteiger partial charge in [-0.2, -0.15) is 0 Å². The maximum Gasteiger partial charge on any atom is 0.199 e. The molecule has 0 saturated carbocycles. The second kappa shape index (κ2) is 7.64. The lowest BCUT2D eigenvalue weighted by molar-refractivity contribution is 0.104. The van der Waals surface area contributed by atoms with Crippen LogP contribution in [-0.2, 0) is 0 Å². The summed E-state index contributed by atoms with van der Waals surface area (Å²) in [5, 5.41) is 4.60. The van der Waals surface area contributed by atoms with Crippen molar-refractivity contribution in [1.29, 1.82) is 0 Å². The number of nitrogens with zero attached hydrogens (tertiary/aromatic N) is 1. The molecule has 3 nitrogen and oxygen atoms in total. The molecular formula is C20H17ClN2OS. The maximum atomic E-state index is 12.4. The molecule has 0 unspecified atom stereocenters. The minimum atomic E-state index is -0.0603. The lowest BCUT2D eigenvalue weighted by Crippen LogP contribution is -1.95. The van der Waals surface area contributed by atoms with Gasteiger partial charge in [0.1, 0.15) is 5.01 Å². The zero-order valence-electron chi connectivity index (χ0n) is 13.9. The first kappa shape index (κ1) is 17.4. The molecule has 1 N–H and O–H groups in total. The highest BCUT2D eigenvalue weighted by molar-refractivity contribution is 7.17. The van der Waals surface area contributed by atoms with Gasteiger partial charge in [0.15, 0.2) is 5.78 Å². The van der Waals surface area contributed by atoms with Gasteiger partial charge in [-0.25, -0.2) is 4.98 Å². The van der Waals surface area contributed by atoms with E-state index in [0.29, 0.717) is 9.90 Å². The van der Waals surface area contributed by atoms with Crippen LogP contribution in [0.4, 0.5) is 5.69 Å². The van der Waals surface area contributed by atoms with Crippen LogP contribution in [-0.4, -0.2) is 10.8 Å². The van der Waals surface area contributed by atoms with Crippen LogP contribution in [0.5, 0.6) is 0 Å². The molecule has 0 fully saturated rings. The van der Waals surface area contributed by atoms with Crippen molar-refractivity contribution in [2.45, 2.75) is 13.8 Å². The first-order chi connectivity index (χ1) is 12.0. The number of allylic oxidation sites excluding steroid dienone is 1. The summed E-state index contributed by atoms with van der Waals surface area (Å²) in [5.74, 6) is -0.0603. The van der Waals surface area contributed by atoms with Gasteiger partial charge in [-0.05, 0) is 38.1 Å². The Morgan fingerprint density at radius 3 is 2.44 bits per heavy atom. The first-order valence-corrected chi connectivity index (χ1v) is 9.00. The molecule has 0 aliphatic heterocycles. The highest BCUT2D eigenvalue weighted by Gasteiger charge is 2.14. The van der Waals surface area contributed by atoms with Crippen LogP contribution in [0.1, 0.15) is 20.9 Å². The molecule has 25 heavy (non-hydrogen) atoms. The Bertz CT molecular complexity index is 912. The van der Waals surface area contributed by atoms with Gasteiger partial charge >= 0.3 is 0 Å². The van der Waals surface area contributed by atoms with Gasteiger partial charge in [0.25, 0.3) is 0 Å². The molecule has 0 amide bonds. The number of halogens is 1. The molecule has 126 valence electrons. The summed E-state index contributed by atoms with van der Waals surface area (Å²) >= 11 is 7.31. The van der Waals surface area contributed by atoms with Gasteiger partial charge in [-0.15, -0.1) is 11.3 Å². The normalized spacial score (nSPS) is 11.0. The number of rotatable bonds is 5. The maximum absolute atomic E-state index is 12.4. The standard InChI is InChI=1S/C20H17ClN2OS/c1-13-3-9-17(10-4-13)22-12-11-18(24)19-14(2)23-20(25-19)15-5-7-16(21)8-6-15/h3-12,22H,1-2H3/b12-11+. The van der Waals surface area contributed by atoms with Gasteiger partial charge < -0.3 is 5.32 Å². The van der Waals surface area contributed by atoms with Crippen molar-refractivity contribution in [2.24, 2.45) is 0 Å². The molecule has 0 aliphatic carbocycles. The number of aromatic nitrogens is 1. The van der Waals surface area contributed by atoms with Gasteiger partial charge in [-0.1, -0.05) is 41.4 Å². The summed E-state index contributed by atoms with van der Waals surface area (Å²) in [5.41, 5.74) is 3.83. The molecule has 3 aromatic rings. The van der Waals surface area contributed by atoms with E-state index in [0.717, 1.165) is 22.0 Å². The third-order valence-corrected chi connectivity index (χ3v) is 5.12. The third kappa shape index (κ3) is 4.35. The van der Waals surface area contributed by atoms with Gasteiger partial charge in [0.05, 0.1) is 10.6 Å². The van der Waals surface area contributed by atoms with Crippen LogP contribution in [0.15, 0.2) is 60.8 Å². The van der Waals surface area contributed by atoms with Crippen LogP contribution in [0.3, 0.4) is 0 Å². The number of carbonyl (C=O) groups excluding carboxylic acids is 1. The molecular weight excluding hydrogens is 352 g/mol. The van der Waals surface area contributed by atoms with E-state index in [4.69, 9.17) is 11.6 Å². The number of hydrogen-bond acceptors (Lipinski definition) is 4. The quantitative estimate of drug-likeness (QED) is 0.451. The van der Waals surface area contributed by atoms with Crippen LogP contribution in [0.25, 0.3) is 10.6 Å². The van der Waals surface area contributed by atoms with Crippen LogP contribution in [0.2, 0.25) is 5.02 Å². The zero-order valence-corrected chi connectivity index (χ0v) is 15.5. The number of aryl methyl sites for hydroxylation is 2. The SMILES string of the molecule is Cc1ccc(N/C=C/C(=O)c2sc(-c3ccc(Cl)cc3)nc2C)cc1. The van der Waals surface area contributed by atoms with E-state index in [1.165, 1.54) is 23.0 Å². The summed E-state index contributed by atoms with van der Waals surface area (Å²) in [6, 6.07) is 15.4. The molecule has 1 aromatic heterocycles. The van der Waals surface area contributed by atoms with Crippen molar-refractivity contribution in [2.75, 3.05) is 5.32 Å². The molecule has 0 aliphatic rings. The highest BCUT2D eigenvalue weighted by Crippen LogP contribution is 2.29. The second-order valence-corrected chi connectivity index (χ2v) is 7.08. The minimum absolute atomic E-state index is 0.0603. The number of carbonyl (C=O) groups is 1. The molecule has 1 heterocycles. The summed E-state index contributed by atoms with van der Waals surface area (Å²) in [6.07, 6.45) is 3.19. The largest absolute Gasteiger partial charge is 0.362 e. The molecule has 0 atom stereocenters. The van der Waals surface area contributed by atoms with Crippen molar-refractivity contribution in [3.8, 4) is 10.6 Å². The molecule has 0 bridgehead atoms. The predicted octanol–water partition coefficient (Wildman–Crippen LogP) is 5.89. The second-order valence-electron chi connectivity index (χ2n) is 5.65. The summed E-state index contributed by atoms with van der Waals surface area (Å²) < 4.78 is 0. The Morgan fingerprint density at radius 2 is 1.76 bits per heavy atom. The molecule has 2 aromatic carbocycles. The smallest absolute Gasteiger partial charge is 0.199 e. The van der Waals surface area contributed by atoms with Crippen molar-refractivity contribution >= 4 is 34.4 Å². The number of anilines is 1. The first-order valence-electron chi connectivity index (χ1n) is 7.80. The van der Waals surface area contributed by atoms with Gasteiger partial charge in [-0.3, -0.25) is 4.79 Å². The van der Waals surface area contributed by atoms with E-state index in [-0.39, 0.29) is 5.78 Å². The molecule has 5 heteroatoms. The number of thiazole rings is 1. The van der Waals surface area contributed by atoms with Gasteiger partial charge in [0.2, 0.25) is 0 Å². The molecule has 0 spiro atoms. The number of nitrogens with one attached hydrogen (secondary N) is 1. The number of benzene rings is 2. The fraction of sp³-hybridized carbons (Fsp3) is 0.100. The summed E-state index contributed by atoms with van der Waals surface area (Å²) in [6.45, 7) is 3.89. The van der Waals surface area contributed by atoms with Crippen molar-refractivity contribution in [3.63, 3.8) is 0 Å². The number of ketones is 1. The average molecular weight is 369 g/mol. The van der Waals surface area contributed by atoms with E-state index >= 15 is 0 Å². The van der Waals surface area contributed by atoms with E-state index in [1.807, 2.05) is 62.4 Å². The van der Waals surface area contributed by atoms with E-state index < -0.39 is 0 Å². The predicted molar refractivity (Wildman–Crippen MR) is 106 cm³/mol. The minimum Gasteiger partial charge on any atom is -0.362 e. The van der Waals surface area contributed by atoms with Crippen LogP contribution >= 0.6 is 22.9 Å². The Morgan fingerprint density at radius 1 is 1.08 bits per heavy atom. The molecule has 0 radical (unpaired) electrons. The Kier molecular flexibility index (Phi) is 5.31. The van der Waals surface area contributed by atoms with Crippen LogP contribution in [0, 0.1) is 13.8 Å². The van der Waals surface area contributed by atoms with Crippen LogP contribution < -0.4 is 5.32 Å². The van der Waals surface area contributed by atoms with Crippen molar-refractivity contribution in [3.05, 3.63) is 82.0 Å². The summed E-state index contributed by atoms with van der Waals surface area (Å²) in [7, 11) is 0. The summed E-state index contributed by atoms with van der Waals surface area (Å²) in [4.78, 5) is 17.6. The molecule has 0 saturated heterocycles. The van der Waals surface area contributed by atoms with E-state index in [1.54, 1.807) is 6.20 Å². The van der Waals surface area contributed by atoms with Crippen molar-refractivity contribution < 1.29 is 4.79 Å². The fourth-order valence-electron chi connectivity index (χ4n) is 2.28. The zero-order chi connectivity index (χ0) is 17.8.